The number of aliphatic hydroxyl groups excluding tert-OH is 1. The summed E-state index contributed by atoms with van der Waals surface area (Å²) in [5, 5.41) is 8.59. The first-order valence-electron chi connectivity index (χ1n) is 5.90. The SMILES string of the molecule is CCC(C)(C)OCc1ccc(C#CCO)cc1. The van der Waals surface area contributed by atoms with Gasteiger partial charge in [-0.1, -0.05) is 30.9 Å². The molecule has 1 N–H and O–H groups in total. The van der Waals surface area contributed by atoms with Crippen LogP contribution in [0.3, 0.4) is 0 Å². The molecule has 0 bridgehead atoms. The molecular weight excluding hydrogens is 212 g/mol. The minimum Gasteiger partial charge on any atom is -0.384 e. The predicted octanol–water partition coefficient (Wildman–Crippen LogP) is 2.74. The van der Waals surface area contributed by atoms with Crippen molar-refractivity contribution in [3.8, 4) is 11.8 Å². The molecular formula is C15H20O2. The van der Waals surface area contributed by atoms with E-state index in [-0.39, 0.29) is 12.2 Å². The molecule has 0 radical (unpaired) electrons. The van der Waals surface area contributed by atoms with Crippen molar-refractivity contribution >= 4 is 0 Å². The smallest absolute Gasteiger partial charge is 0.104 e. The Morgan fingerprint density at radius 3 is 2.41 bits per heavy atom. The third-order valence-corrected chi connectivity index (χ3v) is 2.75. The maximum atomic E-state index is 8.59. The van der Waals surface area contributed by atoms with Gasteiger partial charge in [-0.25, -0.2) is 0 Å². The number of ether oxygens (including phenoxy) is 1. The molecule has 0 aliphatic heterocycles. The Bertz CT molecular complexity index is 393. The molecule has 1 aromatic carbocycles. The molecule has 0 unspecified atom stereocenters. The van der Waals surface area contributed by atoms with Crippen molar-refractivity contribution in [2.24, 2.45) is 0 Å². The normalized spacial score (nSPS) is 10.8. The summed E-state index contributed by atoms with van der Waals surface area (Å²) in [4.78, 5) is 0. The fourth-order valence-corrected chi connectivity index (χ4v) is 1.21. The van der Waals surface area contributed by atoms with Gasteiger partial charge in [0.25, 0.3) is 0 Å². The van der Waals surface area contributed by atoms with Gasteiger partial charge in [0.15, 0.2) is 0 Å². The molecule has 0 saturated carbocycles. The predicted molar refractivity (Wildman–Crippen MR) is 69.6 cm³/mol. The molecule has 0 aromatic heterocycles. The third-order valence-electron chi connectivity index (χ3n) is 2.75. The standard InChI is InChI=1S/C15H20O2/c1-4-15(2,3)17-12-14-9-7-13(8-10-14)6-5-11-16/h7-10,16H,4,11-12H2,1-3H3. The van der Waals surface area contributed by atoms with Crippen LogP contribution in [0.5, 0.6) is 0 Å². The molecule has 2 nitrogen and oxygen atoms in total. The summed E-state index contributed by atoms with van der Waals surface area (Å²) in [6.45, 7) is 6.82. The molecule has 0 atom stereocenters. The number of hydrogen-bond acceptors (Lipinski definition) is 2. The molecule has 0 saturated heterocycles. The molecule has 0 amide bonds. The minimum atomic E-state index is -0.102. The van der Waals surface area contributed by atoms with Gasteiger partial charge in [0.05, 0.1) is 12.2 Å². The zero-order valence-corrected chi connectivity index (χ0v) is 10.8. The number of benzene rings is 1. The lowest BCUT2D eigenvalue weighted by molar-refractivity contribution is -0.0316. The lowest BCUT2D eigenvalue weighted by Gasteiger charge is -2.23. The van der Waals surface area contributed by atoms with Crippen molar-refractivity contribution in [2.75, 3.05) is 6.61 Å². The van der Waals surface area contributed by atoms with Gasteiger partial charge in [0.2, 0.25) is 0 Å². The van der Waals surface area contributed by atoms with Crippen molar-refractivity contribution < 1.29 is 9.84 Å². The van der Waals surface area contributed by atoms with Crippen LogP contribution in [0.1, 0.15) is 38.3 Å². The third kappa shape index (κ3) is 5.04. The second kappa shape index (κ2) is 6.44. The molecule has 1 rings (SSSR count). The summed E-state index contributed by atoms with van der Waals surface area (Å²) in [5.74, 6) is 5.49. The van der Waals surface area contributed by atoms with Crippen molar-refractivity contribution in [3.63, 3.8) is 0 Å². The molecule has 17 heavy (non-hydrogen) atoms. The monoisotopic (exact) mass is 232 g/mol. The maximum Gasteiger partial charge on any atom is 0.104 e. The molecule has 92 valence electrons. The van der Waals surface area contributed by atoms with E-state index in [0.717, 1.165) is 17.5 Å². The van der Waals surface area contributed by atoms with E-state index in [1.807, 2.05) is 24.3 Å². The summed E-state index contributed by atoms with van der Waals surface area (Å²) in [5.41, 5.74) is 1.98. The van der Waals surface area contributed by atoms with Crippen LogP contribution in [0, 0.1) is 11.8 Å². The second-order valence-corrected chi connectivity index (χ2v) is 4.56. The van der Waals surface area contributed by atoms with Crippen LogP contribution in [0.4, 0.5) is 0 Å². The first-order chi connectivity index (χ1) is 8.07. The zero-order chi connectivity index (χ0) is 12.7. The van der Waals surface area contributed by atoms with E-state index in [4.69, 9.17) is 9.84 Å². The Kier molecular flexibility index (Phi) is 5.21. The Morgan fingerprint density at radius 1 is 1.24 bits per heavy atom. The van der Waals surface area contributed by atoms with E-state index in [1.165, 1.54) is 0 Å². The van der Waals surface area contributed by atoms with Gasteiger partial charge in [0.1, 0.15) is 6.61 Å². The molecule has 2 heteroatoms. The number of hydrogen-bond donors (Lipinski definition) is 1. The first kappa shape index (κ1) is 13.8. The fourth-order valence-electron chi connectivity index (χ4n) is 1.21. The van der Waals surface area contributed by atoms with Gasteiger partial charge in [-0.3, -0.25) is 0 Å². The quantitative estimate of drug-likeness (QED) is 0.809. The molecule has 1 aromatic rings. The fraction of sp³-hybridized carbons (Fsp3) is 0.467. The molecule has 0 aliphatic carbocycles. The Morgan fingerprint density at radius 2 is 1.88 bits per heavy atom. The zero-order valence-electron chi connectivity index (χ0n) is 10.8. The minimum absolute atomic E-state index is 0.0740. The Balaban J connectivity index is 2.57. The molecule has 0 heterocycles. The number of aliphatic hydroxyl groups is 1. The highest BCUT2D eigenvalue weighted by Crippen LogP contribution is 2.16. The van der Waals surface area contributed by atoms with Crippen molar-refractivity contribution in [1.29, 1.82) is 0 Å². The van der Waals surface area contributed by atoms with E-state index in [0.29, 0.717) is 6.61 Å². The highest BCUT2D eigenvalue weighted by Gasteiger charge is 2.14. The van der Waals surface area contributed by atoms with Crippen LogP contribution in [-0.2, 0) is 11.3 Å². The van der Waals surface area contributed by atoms with Gasteiger partial charge < -0.3 is 9.84 Å². The average Bonchev–Trinajstić information content (AvgIpc) is 2.35. The topological polar surface area (TPSA) is 29.5 Å². The van der Waals surface area contributed by atoms with Crippen LogP contribution >= 0.6 is 0 Å². The summed E-state index contributed by atoms with van der Waals surface area (Å²) in [6, 6.07) is 7.90. The van der Waals surface area contributed by atoms with Crippen LogP contribution < -0.4 is 0 Å². The summed E-state index contributed by atoms with van der Waals surface area (Å²) in [6.07, 6.45) is 0.993. The highest BCUT2D eigenvalue weighted by atomic mass is 16.5. The van der Waals surface area contributed by atoms with Crippen LogP contribution in [0.15, 0.2) is 24.3 Å². The van der Waals surface area contributed by atoms with Crippen molar-refractivity contribution in [3.05, 3.63) is 35.4 Å². The highest BCUT2D eigenvalue weighted by molar-refractivity contribution is 5.36. The lowest BCUT2D eigenvalue weighted by Crippen LogP contribution is -2.22. The van der Waals surface area contributed by atoms with E-state index in [2.05, 4.69) is 32.6 Å². The van der Waals surface area contributed by atoms with Gasteiger partial charge >= 0.3 is 0 Å². The van der Waals surface area contributed by atoms with E-state index in [1.54, 1.807) is 0 Å². The second-order valence-electron chi connectivity index (χ2n) is 4.56. The Hall–Kier alpha value is -1.30. The van der Waals surface area contributed by atoms with E-state index < -0.39 is 0 Å². The van der Waals surface area contributed by atoms with Gasteiger partial charge in [0, 0.05) is 5.56 Å². The van der Waals surface area contributed by atoms with Crippen LogP contribution in [0.2, 0.25) is 0 Å². The van der Waals surface area contributed by atoms with E-state index in [9.17, 15) is 0 Å². The summed E-state index contributed by atoms with van der Waals surface area (Å²) >= 11 is 0. The summed E-state index contributed by atoms with van der Waals surface area (Å²) in [7, 11) is 0. The van der Waals surface area contributed by atoms with Crippen molar-refractivity contribution in [2.45, 2.75) is 39.4 Å². The average molecular weight is 232 g/mol. The first-order valence-corrected chi connectivity index (χ1v) is 5.90. The maximum absolute atomic E-state index is 8.59. The van der Waals surface area contributed by atoms with Gasteiger partial charge in [-0.05, 0) is 38.0 Å². The van der Waals surface area contributed by atoms with Crippen LogP contribution in [0.25, 0.3) is 0 Å². The largest absolute Gasteiger partial charge is 0.384 e. The lowest BCUT2D eigenvalue weighted by atomic mass is 10.1. The number of rotatable bonds is 4. The van der Waals surface area contributed by atoms with E-state index >= 15 is 0 Å². The van der Waals surface area contributed by atoms with Crippen LogP contribution in [-0.4, -0.2) is 17.3 Å². The Labute approximate surface area is 104 Å². The molecule has 0 spiro atoms. The van der Waals surface area contributed by atoms with Gasteiger partial charge in [-0.2, -0.15) is 0 Å². The molecule has 0 fully saturated rings. The van der Waals surface area contributed by atoms with Crippen molar-refractivity contribution in [1.82, 2.24) is 0 Å². The van der Waals surface area contributed by atoms with Gasteiger partial charge in [-0.15, -0.1) is 0 Å². The summed E-state index contributed by atoms with van der Waals surface area (Å²) < 4.78 is 5.81. The molecule has 0 aliphatic rings.